The first-order valence-electron chi connectivity index (χ1n) is 17.9. The van der Waals surface area contributed by atoms with Crippen molar-refractivity contribution in [1.82, 2.24) is 19.3 Å². The molecular formula is C45H46N4OPt. The molecule has 0 N–H and O–H groups in total. The van der Waals surface area contributed by atoms with Gasteiger partial charge in [-0.25, -0.2) is 4.98 Å². The Kier molecular flexibility index (Phi) is 10.7. The number of pyridine rings is 1. The van der Waals surface area contributed by atoms with Gasteiger partial charge in [-0.15, -0.1) is 35.7 Å². The molecule has 5 nitrogen and oxygen atoms in total. The second kappa shape index (κ2) is 15.0. The Morgan fingerprint density at radius 2 is 1.57 bits per heavy atom. The Labute approximate surface area is 317 Å². The molecule has 0 radical (unpaired) electrons. The third-order valence-electron chi connectivity index (χ3n) is 10.0. The molecule has 51 heavy (non-hydrogen) atoms. The summed E-state index contributed by atoms with van der Waals surface area (Å²) in [6, 6.07) is 37.2. The predicted octanol–water partition coefficient (Wildman–Crippen LogP) is 11.7. The molecule has 0 aliphatic carbocycles. The molecule has 1 unspecified atom stereocenters. The van der Waals surface area contributed by atoms with Crippen molar-refractivity contribution in [3.63, 3.8) is 0 Å². The molecular weight excluding hydrogens is 808 g/mol. The molecule has 7 aromatic rings. The van der Waals surface area contributed by atoms with E-state index in [1.165, 1.54) is 16.5 Å². The number of fused-ring (bicyclic) bond motifs is 3. The first-order valence-corrected chi connectivity index (χ1v) is 17.9. The second-order valence-electron chi connectivity index (χ2n) is 14.5. The number of benzene rings is 4. The third-order valence-corrected chi connectivity index (χ3v) is 10.0. The number of nitrogens with zero attached hydrogens (tertiary/aromatic N) is 4. The number of hydrogen-bond acceptors (Lipinski definition) is 3. The van der Waals surface area contributed by atoms with Gasteiger partial charge in [0.2, 0.25) is 0 Å². The van der Waals surface area contributed by atoms with E-state index in [1.54, 1.807) is 0 Å². The summed E-state index contributed by atoms with van der Waals surface area (Å²) in [5.74, 6) is 3.72. The summed E-state index contributed by atoms with van der Waals surface area (Å²) in [4.78, 5) is 4.80. The first-order chi connectivity index (χ1) is 24.1. The van der Waals surface area contributed by atoms with Crippen molar-refractivity contribution in [3.05, 3.63) is 131 Å². The molecule has 0 spiro atoms. The molecule has 6 heteroatoms. The van der Waals surface area contributed by atoms with E-state index in [0.29, 0.717) is 29.3 Å². The number of aryl methyl sites for hydroxylation is 3. The number of rotatable bonds is 10. The van der Waals surface area contributed by atoms with Crippen molar-refractivity contribution in [1.29, 1.82) is 0 Å². The van der Waals surface area contributed by atoms with Crippen molar-refractivity contribution in [3.8, 4) is 34.1 Å². The van der Waals surface area contributed by atoms with Gasteiger partial charge in [0.25, 0.3) is 0 Å². The quantitative estimate of drug-likeness (QED) is 0.129. The van der Waals surface area contributed by atoms with Gasteiger partial charge in [-0.1, -0.05) is 89.0 Å². The maximum atomic E-state index is 6.68. The minimum atomic E-state index is 0. The van der Waals surface area contributed by atoms with Gasteiger partial charge in [-0.3, -0.25) is 4.68 Å². The fourth-order valence-corrected chi connectivity index (χ4v) is 6.92. The van der Waals surface area contributed by atoms with E-state index in [1.807, 2.05) is 29.1 Å². The van der Waals surface area contributed by atoms with E-state index < -0.39 is 0 Å². The third kappa shape index (κ3) is 7.32. The predicted molar refractivity (Wildman–Crippen MR) is 206 cm³/mol. The average molecular weight is 854 g/mol. The summed E-state index contributed by atoms with van der Waals surface area (Å²) in [5.41, 5.74) is 11.0. The first kappa shape index (κ1) is 36.3. The van der Waals surface area contributed by atoms with E-state index >= 15 is 0 Å². The van der Waals surface area contributed by atoms with Crippen LogP contribution in [0.3, 0.4) is 0 Å². The molecule has 3 aromatic heterocycles. The number of ether oxygens (including phenoxy) is 1. The van der Waals surface area contributed by atoms with E-state index in [4.69, 9.17) is 14.8 Å². The van der Waals surface area contributed by atoms with Gasteiger partial charge in [0.1, 0.15) is 5.82 Å². The molecule has 0 saturated carbocycles. The van der Waals surface area contributed by atoms with Crippen molar-refractivity contribution in [2.45, 2.75) is 74.1 Å². The molecule has 0 saturated heterocycles. The van der Waals surface area contributed by atoms with Crippen molar-refractivity contribution in [2.24, 2.45) is 11.8 Å². The normalized spacial score (nSPS) is 12.2. The van der Waals surface area contributed by atoms with Crippen LogP contribution in [0.15, 0.2) is 91.1 Å². The van der Waals surface area contributed by atoms with Gasteiger partial charge in [0, 0.05) is 34.5 Å². The largest absolute Gasteiger partial charge is 2.00 e. The van der Waals surface area contributed by atoms with E-state index in [9.17, 15) is 0 Å². The topological polar surface area (TPSA) is 44.9 Å². The fourth-order valence-electron chi connectivity index (χ4n) is 6.92. The summed E-state index contributed by atoms with van der Waals surface area (Å²) >= 11 is 0. The molecule has 0 amide bonds. The summed E-state index contributed by atoms with van der Waals surface area (Å²) < 4.78 is 10.9. The molecule has 0 bridgehead atoms. The molecule has 262 valence electrons. The molecule has 0 aliphatic heterocycles. The zero-order valence-electron chi connectivity index (χ0n) is 30.8. The molecule has 1 atom stereocenters. The standard InChI is InChI=1S/C45H46N4O.Pt/c1-28(2)14-15-34-23-37(49-33(8)45(32(7)47-49)35-12-10-9-11-13-35)26-39(24-34)50-38-17-18-40-41-25-36(31(6)29(3)4)16-19-42(41)48(43(40)27-38)44-22-30(5)20-21-46-44;/h9-13,16-25,28-29,31H,14-15H2,1-8H3;/q-2;+2. The summed E-state index contributed by atoms with van der Waals surface area (Å²) in [7, 11) is 0. The molecule has 3 heterocycles. The summed E-state index contributed by atoms with van der Waals surface area (Å²) in [5, 5.41) is 7.32. The molecule has 0 fully saturated rings. The minimum absolute atomic E-state index is 0. The summed E-state index contributed by atoms with van der Waals surface area (Å²) in [6.45, 7) is 17.7. The Morgan fingerprint density at radius 3 is 2.29 bits per heavy atom. The van der Waals surface area contributed by atoms with Gasteiger partial charge in [0.15, 0.2) is 0 Å². The van der Waals surface area contributed by atoms with Crippen LogP contribution in [0.5, 0.6) is 11.5 Å². The van der Waals surface area contributed by atoms with Crippen LogP contribution in [0.2, 0.25) is 0 Å². The van der Waals surface area contributed by atoms with Gasteiger partial charge < -0.3 is 9.30 Å². The van der Waals surface area contributed by atoms with E-state index in [0.717, 1.165) is 68.8 Å². The molecule has 7 rings (SSSR count). The fraction of sp³-hybridized carbons (Fsp3) is 0.289. The van der Waals surface area contributed by atoms with Gasteiger partial charge in [-0.05, 0) is 90.9 Å². The van der Waals surface area contributed by atoms with Crippen LogP contribution in [0, 0.1) is 44.7 Å². The minimum Gasteiger partial charge on any atom is -0.509 e. The van der Waals surface area contributed by atoms with Gasteiger partial charge in [-0.2, -0.15) is 16.7 Å². The van der Waals surface area contributed by atoms with Crippen LogP contribution in [-0.4, -0.2) is 19.3 Å². The smallest absolute Gasteiger partial charge is 0.509 e. The van der Waals surface area contributed by atoms with Crippen LogP contribution in [0.25, 0.3) is 44.4 Å². The van der Waals surface area contributed by atoms with Crippen molar-refractivity contribution >= 4 is 21.8 Å². The Bertz CT molecular complexity index is 2320. The average Bonchev–Trinajstić information content (AvgIpc) is 3.59. The second-order valence-corrected chi connectivity index (χ2v) is 14.5. The van der Waals surface area contributed by atoms with Crippen LogP contribution in [0.1, 0.15) is 75.0 Å². The Balaban J connectivity index is 0.00000448. The Hall–Kier alpha value is -4.47. The number of hydrogen-bond donors (Lipinski definition) is 0. The van der Waals surface area contributed by atoms with Crippen LogP contribution in [0.4, 0.5) is 0 Å². The maximum absolute atomic E-state index is 6.68. The number of aromatic nitrogens is 4. The SMILES string of the molecule is Cc1ccnc(-n2c3[c-]c(Oc4[c-]c(-n5nc(C)c(-c6ccccc6)c5C)cc(CCC(C)C)c4)ccc3c3cc(C(C)C(C)C)ccc32)c1.[Pt+2]. The van der Waals surface area contributed by atoms with Crippen LogP contribution >= 0.6 is 0 Å². The molecule has 0 aliphatic rings. The molecule has 4 aromatic carbocycles. The van der Waals surface area contributed by atoms with Crippen LogP contribution in [-0.2, 0) is 27.5 Å². The van der Waals surface area contributed by atoms with Gasteiger partial charge >= 0.3 is 21.1 Å². The zero-order valence-corrected chi connectivity index (χ0v) is 33.1. The summed E-state index contributed by atoms with van der Waals surface area (Å²) in [6.07, 6.45) is 3.89. The maximum Gasteiger partial charge on any atom is 2.00 e. The van der Waals surface area contributed by atoms with E-state index in [-0.39, 0.29) is 21.1 Å². The monoisotopic (exact) mass is 853 g/mol. The van der Waals surface area contributed by atoms with Crippen molar-refractivity contribution in [2.75, 3.05) is 0 Å². The van der Waals surface area contributed by atoms with Crippen LogP contribution < -0.4 is 4.74 Å². The Morgan fingerprint density at radius 1 is 0.784 bits per heavy atom. The van der Waals surface area contributed by atoms with E-state index in [2.05, 4.69) is 139 Å². The van der Waals surface area contributed by atoms with Gasteiger partial charge in [0.05, 0.1) is 5.69 Å². The zero-order chi connectivity index (χ0) is 35.1. The van der Waals surface area contributed by atoms with Crippen molar-refractivity contribution < 1.29 is 25.8 Å².